The fourth-order valence-corrected chi connectivity index (χ4v) is 5.78. The fraction of sp³-hybridized carbons (Fsp3) is 0.553. The van der Waals surface area contributed by atoms with Crippen LogP contribution in [0.2, 0.25) is 0 Å². The van der Waals surface area contributed by atoms with E-state index in [0.29, 0.717) is 30.8 Å². The number of hydrogen-bond donors (Lipinski definition) is 4. The van der Waals surface area contributed by atoms with E-state index in [1.54, 1.807) is 17.0 Å². The van der Waals surface area contributed by atoms with E-state index in [2.05, 4.69) is 22.9 Å². The number of rotatable bonds is 21. The molecule has 1 aliphatic carbocycles. The normalized spacial score (nSPS) is 14.8. The van der Waals surface area contributed by atoms with Crippen LogP contribution in [0, 0.1) is 0 Å². The minimum absolute atomic E-state index is 0.000536. The zero-order valence-electron chi connectivity index (χ0n) is 30.9. The molecule has 0 saturated carbocycles. The second kappa shape index (κ2) is 19.8. The third-order valence-corrected chi connectivity index (χ3v) is 9.17. The molecule has 3 unspecified atom stereocenters. The third-order valence-electron chi connectivity index (χ3n) is 9.17. The second-order valence-corrected chi connectivity index (χ2v) is 13.3. The van der Waals surface area contributed by atoms with E-state index in [0.717, 1.165) is 41.5 Å². The SMILES string of the molecule is CCCOCCC(C)(CC)NC(=O)c1ccc2c(c1)C(COC(=O)NCCN(CCOC(C)=O)CC(N)=O)c1cc(C(=O)NC(C)CC)ccc1-2. The highest BCUT2D eigenvalue weighted by molar-refractivity contribution is 5.98. The summed E-state index contributed by atoms with van der Waals surface area (Å²) in [4.78, 5) is 63.9. The van der Waals surface area contributed by atoms with E-state index in [9.17, 15) is 24.0 Å². The maximum atomic E-state index is 13.6. The first-order valence-corrected chi connectivity index (χ1v) is 17.8. The summed E-state index contributed by atoms with van der Waals surface area (Å²) < 4.78 is 16.4. The Morgan fingerprint density at radius 1 is 0.902 bits per heavy atom. The van der Waals surface area contributed by atoms with Gasteiger partial charge in [0.2, 0.25) is 5.91 Å². The van der Waals surface area contributed by atoms with E-state index in [-0.39, 0.29) is 57.2 Å². The Bertz CT molecular complexity index is 1530. The molecule has 0 fully saturated rings. The number of hydrogen-bond acceptors (Lipinski definition) is 9. The molecule has 5 N–H and O–H groups in total. The summed E-state index contributed by atoms with van der Waals surface area (Å²) in [7, 11) is 0. The minimum atomic E-state index is -0.674. The van der Waals surface area contributed by atoms with Crippen molar-refractivity contribution in [3.8, 4) is 11.1 Å². The average Bonchev–Trinajstić information content (AvgIpc) is 3.40. The van der Waals surface area contributed by atoms with Crippen LogP contribution in [-0.4, -0.2) is 98.9 Å². The lowest BCUT2D eigenvalue weighted by Gasteiger charge is -2.30. The van der Waals surface area contributed by atoms with Crippen LogP contribution < -0.4 is 21.7 Å². The molecule has 0 radical (unpaired) electrons. The third kappa shape index (κ3) is 12.4. The number of carbonyl (C=O) groups excluding carboxylic acids is 5. The molecule has 51 heavy (non-hydrogen) atoms. The average molecular weight is 710 g/mol. The summed E-state index contributed by atoms with van der Waals surface area (Å²) >= 11 is 0. The Morgan fingerprint density at radius 3 is 2.12 bits per heavy atom. The quantitative estimate of drug-likeness (QED) is 0.110. The first-order chi connectivity index (χ1) is 24.3. The fourth-order valence-electron chi connectivity index (χ4n) is 5.78. The molecule has 0 aliphatic heterocycles. The number of amides is 4. The molecule has 0 bridgehead atoms. The smallest absolute Gasteiger partial charge is 0.407 e. The van der Waals surface area contributed by atoms with Gasteiger partial charge in [0.15, 0.2) is 0 Å². The minimum Gasteiger partial charge on any atom is -0.465 e. The number of ether oxygens (including phenoxy) is 3. The topological polar surface area (TPSA) is 178 Å². The van der Waals surface area contributed by atoms with Crippen LogP contribution in [-0.2, 0) is 23.8 Å². The highest BCUT2D eigenvalue weighted by Crippen LogP contribution is 2.45. The maximum Gasteiger partial charge on any atom is 0.407 e. The number of nitrogens with one attached hydrogen (secondary N) is 3. The molecule has 0 spiro atoms. The zero-order chi connectivity index (χ0) is 37.6. The Hall–Kier alpha value is -4.49. The lowest BCUT2D eigenvalue weighted by Crippen LogP contribution is -2.46. The molecule has 2 aromatic carbocycles. The van der Waals surface area contributed by atoms with Gasteiger partial charge in [-0.1, -0.05) is 32.9 Å². The number of carbonyl (C=O) groups is 5. The molecule has 4 amide bonds. The maximum absolute atomic E-state index is 13.6. The van der Waals surface area contributed by atoms with Crippen LogP contribution in [0.15, 0.2) is 36.4 Å². The number of nitrogens with zero attached hydrogens (tertiary/aromatic N) is 1. The molecular weight excluding hydrogens is 654 g/mol. The lowest BCUT2D eigenvalue weighted by atomic mass is 9.93. The van der Waals surface area contributed by atoms with Gasteiger partial charge in [-0.25, -0.2) is 4.79 Å². The Morgan fingerprint density at radius 2 is 1.55 bits per heavy atom. The first kappa shape index (κ1) is 40.9. The van der Waals surface area contributed by atoms with Gasteiger partial charge in [0.1, 0.15) is 13.2 Å². The van der Waals surface area contributed by atoms with Crippen molar-refractivity contribution < 1.29 is 38.2 Å². The predicted molar refractivity (Wildman–Crippen MR) is 194 cm³/mol. The van der Waals surface area contributed by atoms with E-state index in [1.165, 1.54) is 6.92 Å². The largest absolute Gasteiger partial charge is 0.465 e. The van der Waals surface area contributed by atoms with Crippen molar-refractivity contribution in [1.29, 1.82) is 0 Å². The standard InChI is InChI=1S/C38H55N5O8/c1-7-18-49-19-14-38(6,9-3)42-36(47)28-11-13-30-29-12-10-27(35(46)41-25(4)8-2)21-31(29)33(32(30)22-28)24-51-37(48)40-15-16-43(23-34(39)45)17-20-50-26(5)44/h10-13,21-22,25,33H,7-9,14-20,23-24H2,1-6H3,(H2,39,45)(H,40,48)(H,41,46)(H,42,47). The molecule has 3 atom stereocenters. The van der Waals surface area contributed by atoms with Gasteiger partial charge in [-0.15, -0.1) is 0 Å². The van der Waals surface area contributed by atoms with E-state index < -0.39 is 29.4 Å². The lowest BCUT2D eigenvalue weighted by molar-refractivity contribution is -0.141. The predicted octanol–water partition coefficient (Wildman–Crippen LogP) is 4.12. The van der Waals surface area contributed by atoms with Crippen molar-refractivity contribution in [3.63, 3.8) is 0 Å². The highest BCUT2D eigenvalue weighted by atomic mass is 16.5. The van der Waals surface area contributed by atoms with Crippen LogP contribution in [0.1, 0.15) is 105 Å². The number of benzene rings is 2. The van der Waals surface area contributed by atoms with E-state index >= 15 is 0 Å². The van der Waals surface area contributed by atoms with Crippen molar-refractivity contribution in [2.24, 2.45) is 5.73 Å². The van der Waals surface area contributed by atoms with Gasteiger partial charge in [0, 0.05) is 68.4 Å². The van der Waals surface area contributed by atoms with Gasteiger partial charge in [0.05, 0.1) is 6.54 Å². The van der Waals surface area contributed by atoms with E-state index in [4.69, 9.17) is 19.9 Å². The van der Waals surface area contributed by atoms with Crippen LogP contribution in [0.25, 0.3) is 11.1 Å². The van der Waals surface area contributed by atoms with Gasteiger partial charge in [0.25, 0.3) is 11.8 Å². The number of fused-ring (bicyclic) bond motifs is 3. The number of primary amides is 1. The summed E-state index contributed by atoms with van der Waals surface area (Å²) in [6.07, 6.45) is 2.44. The monoisotopic (exact) mass is 709 g/mol. The molecule has 3 rings (SSSR count). The molecule has 1 aliphatic rings. The van der Waals surface area contributed by atoms with Gasteiger partial charge in [-0.05, 0) is 86.1 Å². The van der Waals surface area contributed by atoms with Crippen molar-refractivity contribution in [1.82, 2.24) is 20.9 Å². The molecule has 280 valence electrons. The van der Waals surface area contributed by atoms with Gasteiger partial charge in [-0.3, -0.25) is 24.1 Å². The van der Waals surface area contributed by atoms with Crippen LogP contribution >= 0.6 is 0 Å². The molecule has 2 aromatic rings. The summed E-state index contributed by atoms with van der Waals surface area (Å²) in [5.41, 5.74) is 9.27. The molecule has 0 aromatic heterocycles. The Labute approximate surface area is 301 Å². The van der Waals surface area contributed by atoms with Gasteiger partial charge in [-0.2, -0.15) is 0 Å². The van der Waals surface area contributed by atoms with Crippen molar-refractivity contribution in [2.75, 3.05) is 52.6 Å². The van der Waals surface area contributed by atoms with Gasteiger partial charge >= 0.3 is 12.1 Å². The summed E-state index contributed by atoms with van der Waals surface area (Å²) in [6.45, 7) is 13.2. The zero-order valence-corrected chi connectivity index (χ0v) is 30.9. The first-order valence-electron chi connectivity index (χ1n) is 17.8. The molecule has 0 heterocycles. The van der Waals surface area contributed by atoms with Gasteiger partial charge < -0.3 is 35.9 Å². The summed E-state index contributed by atoms with van der Waals surface area (Å²) in [6, 6.07) is 11.0. The molecular formula is C38H55N5O8. The van der Waals surface area contributed by atoms with Crippen LogP contribution in [0.4, 0.5) is 4.79 Å². The Kier molecular flexibility index (Phi) is 15.9. The highest BCUT2D eigenvalue weighted by Gasteiger charge is 2.32. The van der Waals surface area contributed by atoms with Crippen molar-refractivity contribution in [2.45, 2.75) is 84.7 Å². The Balaban J connectivity index is 1.80. The van der Waals surface area contributed by atoms with Crippen molar-refractivity contribution >= 4 is 29.8 Å². The molecule has 13 nitrogen and oxygen atoms in total. The second-order valence-electron chi connectivity index (χ2n) is 13.3. The number of alkyl carbamates (subject to hydrolysis) is 1. The number of nitrogens with two attached hydrogens (primary N) is 1. The molecule has 0 saturated heterocycles. The molecule has 13 heteroatoms. The summed E-state index contributed by atoms with van der Waals surface area (Å²) in [5.74, 6) is -1.84. The van der Waals surface area contributed by atoms with Crippen LogP contribution in [0.5, 0.6) is 0 Å². The van der Waals surface area contributed by atoms with E-state index in [1.807, 2.05) is 52.0 Å². The van der Waals surface area contributed by atoms with Crippen LogP contribution in [0.3, 0.4) is 0 Å². The number of esters is 1. The summed E-state index contributed by atoms with van der Waals surface area (Å²) in [5, 5.41) is 8.90. The van der Waals surface area contributed by atoms with Crippen molar-refractivity contribution in [3.05, 3.63) is 58.7 Å².